The first-order valence-corrected chi connectivity index (χ1v) is 11.1. The largest absolute Gasteiger partial charge is 0.454 e. The van der Waals surface area contributed by atoms with Crippen molar-refractivity contribution in [3.8, 4) is 0 Å². The summed E-state index contributed by atoms with van der Waals surface area (Å²) < 4.78 is 5.02. The summed E-state index contributed by atoms with van der Waals surface area (Å²) in [5.41, 5.74) is 2.91. The number of benzene rings is 1. The first-order valence-electron chi connectivity index (χ1n) is 11.1. The molecule has 6 nitrogen and oxygen atoms in total. The van der Waals surface area contributed by atoms with Gasteiger partial charge in [-0.2, -0.15) is 0 Å². The number of ether oxygens (including phenoxy) is 1. The van der Waals surface area contributed by atoms with E-state index in [0.717, 1.165) is 48.1 Å². The van der Waals surface area contributed by atoms with Gasteiger partial charge in [-0.25, -0.2) is 0 Å². The maximum absolute atomic E-state index is 12.5. The second kappa shape index (κ2) is 8.40. The van der Waals surface area contributed by atoms with Gasteiger partial charge in [-0.1, -0.05) is 12.1 Å². The molecule has 2 N–H and O–H groups in total. The van der Waals surface area contributed by atoms with Crippen LogP contribution in [-0.4, -0.2) is 30.9 Å². The van der Waals surface area contributed by atoms with E-state index in [1.165, 1.54) is 19.3 Å². The lowest BCUT2D eigenvalue weighted by Gasteiger charge is -2.56. The average molecular weight is 413 g/mol. The first kappa shape index (κ1) is 20.9. The van der Waals surface area contributed by atoms with Crippen molar-refractivity contribution in [1.82, 2.24) is 5.32 Å². The van der Waals surface area contributed by atoms with Gasteiger partial charge in [-0.05, 0) is 92.7 Å². The molecule has 2 amide bonds. The molecule has 0 aliphatic heterocycles. The molecule has 30 heavy (non-hydrogen) atoms. The van der Waals surface area contributed by atoms with E-state index in [1.54, 1.807) is 0 Å². The van der Waals surface area contributed by atoms with Gasteiger partial charge in [0.25, 0.3) is 5.91 Å². The Morgan fingerprint density at radius 3 is 2.27 bits per heavy atom. The van der Waals surface area contributed by atoms with Crippen molar-refractivity contribution in [2.45, 2.75) is 58.8 Å². The highest BCUT2D eigenvalue weighted by molar-refractivity contribution is 5.94. The van der Waals surface area contributed by atoms with Crippen LogP contribution in [0.2, 0.25) is 0 Å². The molecule has 162 valence electrons. The lowest BCUT2D eigenvalue weighted by Crippen LogP contribution is -2.48. The quantitative estimate of drug-likeness (QED) is 0.671. The minimum atomic E-state index is -0.593. The van der Waals surface area contributed by atoms with Crippen molar-refractivity contribution >= 4 is 23.5 Å². The Bertz CT molecular complexity index is 812. The molecule has 0 unspecified atom stereocenters. The molecule has 4 fully saturated rings. The zero-order valence-electron chi connectivity index (χ0n) is 18.0. The molecule has 4 bridgehead atoms. The first-order chi connectivity index (χ1) is 14.3. The van der Waals surface area contributed by atoms with Crippen LogP contribution in [0.4, 0.5) is 5.69 Å². The zero-order chi connectivity index (χ0) is 21.3. The van der Waals surface area contributed by atoms with Gasteiger partial charge in [0.05, 0.1) is 0 Å². The maximum atomic E-state index is 12.5. The van der Waals surface area contributed by atoms with Crippen molar-refractivity contribution in [3.05, 3.63) is 29.3 Å². The fourth-order valence-corrected chi connectivity index (χ4v) is 6.35. The Kier molecular flexibility index (Phi) is 5.85. The molecule has 0 saturated heterocycles. The fraction of sp³-hybridized carbons (Fsp3) is 0.625. The Balaban J connectivity index is 1.18. The number of anilines is 1. The molecule has 5 rings (SSSR count). The number of nitrogens with one attached hydrogen (secondary N) is 2. The summed E-state index contributed by atoms with van der Waals surface area (Å²) in [7, 11) is 0. The summed E-state index contributed by atoms with van der Waals surface area (Å²) in [5.74, 6) is 1.33. The molecule has 0 radical (unpaired) electrons. The van der Waals surface area contributed by atoms with Gasteiger partial charge in [-0.15, -0.1) is 0 Å². The van der Waals surface area contributed by atoms with Crippen LogP contribution in [0.1, 0.15) is 56.1 Å². The molecule has 4 aliphatic carbocycles. The number of amides is 2. The smallest absolute Gasteiger partial charge is 0.325 e. The lowest BCUT2D eigenvalue weighted by molar-refractivity contribution is -0.147. The fourth-order valence-electron chi connectivity index (χ4n) is 6.35. The number of hydrogen-bond acceptors (Lipinski definition) is 4. The Hall–Kier alpha value is -2.37. The number of hydrogen-bond donors (Lipinski definition) is 2. The Labute approximate surface area is 178 Å². The summed E-state index contributed by atoms with van der Waals surface area (Å²) in [6.45, 7) is 3.34. The minimum absolute atomic E-state index is 0.0752. The van der Waals surface area contributed by atoms with E-state index in [4.69, 9.17) is 4.74 Å². The van der Waals surface area contributed by atoms with E-state index in [0.29, 0.717) is 12.1 Å². The van der Waals surface area contributed by atoms with E-state index < -0.39 is 11.9 Å². The van der Waals surface area contributed by atoms with E-state index in [-0.39, 0.29) is 24.5 Å². The second-order valence-electron chi connectivity index (χ2n) is 9.83. The molecule has 0 heterocycles. The van der Waals surface area contributed by atoms with Crippen LogP contribution in [0.15, 0.2) is 18.2 Å². The van der Waals surface area contributed by atoms with Gasteiger partial charge in [0, 0.05) is 12.1 Å². The predicted octanol–water partition coefficient (Wildman–Crippen LogP) is 3.51. The molecule has 1 aromatic carbocycles. The summed E-state index contributed by atoms with van der Waals surface area (Å²) in [6, 6.07) is 5.65. The van der Waals surface area contributed by atoms with Crippen molar-refractivity contribution in [2.75, 3.05) is 18.5 Å². The zero-order valence-corrected chi connectivity index (χ0v) is 18.0. The van der Waals surface area contributed by atoms with Crippen molar-refractivity contribution in [2.24, 2.45) is 23.2 Å². The van der Waals surface area contributed by atoms with Gasteiger partial charge in [0.1, 0.15) is 6.54 Å². The van der Waals surface area contributed by atoms with E-state index in [2.05, 4.69) is 10.6 Å². The molecular weight excluding hydrogens is 380 g/mol. The van der Waals surface area contributed by atoms with Crippen molar-refractivity contribution in [3.63, 3.8) is 0 Å². The minimum Gasteiger partial charge on any atom is -0.454 e. The van der Waals surface area contributed by atoms with Gasteiger partial charge in [-0.3, -0.25) is 14.4 Å². The normalized spacial score (nSPS) is 28.8. The predicted molar refractivity (Wildman–Crippen MR) is 114 cm³/mol. The van der Waals surface area contributed by atoms with Gasteiger partial charge in [0.2, 0.25) is 5.91 Å². The number of rotatable bonds is 7. The van der Waals surface area contributed by atoms with E-state index >= 15 is 0 Å². The van der Waals surface area contributed by atoms with Crippen LogP contribution in [-0.2, 0) is 19.1 Å². The molecule has 0 aromatic heterocycles. The third-order valence-electron chi connectivity index (χ3n) is 7.37. The number of esters is 1. The van der Waals surface area contributed by atoms with Gasteiger partial charge in [0.15, 0.2) is 6.61 Å². The SMILES string of the molecule is Cc1cccc(NC(=O)COC(=O)CNC(=O)CC23CC4CC(CC(C4)C2)C3)c1C. The van der Waals surface area contributed by atoms with Crippen LogP contribution < -0.4 is 10.6 Å². The van der Waals surface area contributed by atoms with Gasteiger partial charge >= 0.3 is 5.97 Å². The summed E-state index contributed by atoms with van der Waals surface area (Å²) in [5, 5.41) is 5.46. The Morgan fingerprint density at radius 1 is 1.00 bits per heavy atom. The topological polar surface area (TPSA) is 84.5 Å². The van der Waals surface area contributed by atoms with Gasteiger partial charge < -0.3 is 15.4 Å². The highest BCUT2D eigenvalue weighted by Gasteiger charge is 2.51. The molecule has 6 heteroatoms. The maximum Gasteiger partial charge on any atom is 0.325 e. The summed E-state index contributed by atoms with van der Waals surface area (Å²) in [4.78, 5) is 36.5. The summed E-state index contributed by atoms with van der Waals surface area (Å²) >= 11 is 0. The summed E-state index contributed by atoms with van der Waals surface area (Å²) in [6.07, 6.45) is 8.03. The van der Waals surface area contributed by atoms with Crippen molar-refractivity contribution in [1.29, 1.82) is 0 Å². The standard InChI is InChI=1S/C24H32N2O4/c1-15-4-3-5-20(16(15)2)26-22(28)14-30-23(29)13-25-21(27)12-24-9-17-6-18(10-24)8-19(7-17)11-24/h3-5,17-19H,6-14H2,1-2H3,(H,25,27)(H,26,28). The number of carbonyl (C=O) groups excluding carboxylic acids is 3. The van der Waals surface area contributed by atoms with Crippen LogP contribution >= 0.6 is 0 Å². The van der Waals surface area contributed by atoms with E-state index in [9.17, 15) is 14.4 Å². The molecule has 1 aromatic rings. The highest BCUT2D eigenvalue weighted by Crippen LogP contribution is 2.61. The third kappa shape index (κ3) is 4.68. The molecule has 4 aliphatic rings. The highest BCUT2D eigenvalue weighted by atomic mass is 16.5. The van der Waals surface area contributed by atoms with E-state index in [1.807, 2.05) is 32.0 Å². The lowest BCUT2D eigenvalue weighted by atomic mass is 9.49. The second-order valence-corrected chi connectivity index (χ2v) is 9.83. The molecule has 4 saturated carbocycles. The monoisotopic (exact) mass is 412 g/mol. The van der Waals surface area contributed by atoms with Crippen LogP contribution in [0.25, 0.3) is 0 Å². The van der Waals surface area contributed by atoms with Crippen LogP contribution in [0, 0.1) is 37.0 Å². The van der Waals surface area contributed by atoms with Crippen LogP contribution in [0.5, 0.6) is 0 Å². The molecular formula is C24H32N2O4. The third-order valence-corrected chi connectivity index (χ3v) is 7.37. The molecule has 0 atom stereocenters. The Morgan fingerprint density at radius 2 is 1.63 bits per heavy atom. The van der Waals surface area contributed by atoms with Crippen LogP contribution in [0.3, 0.4) is 0 Å². The number of aryl methyl sites for hydroxylation is 1. The van der Waals surface area contributed by atoms with Crippen molar-refractivity contribution < 1.29 is 19.1 Å². The molecule has 0 spiro atoms. The number of carbonyl (C=O) groups is 3. The average Bonchev–Trinajstić information content (AvgIpc) is 2.67.